The van der Waals surface area contributed by atoms with E-state index in [2.05, 4.69) is 10.3 Å². The molecular formula is C18H16N4O4S2. The average Bonchev–Trinajstić information content (AvgIpc) is 3.29. The summed E-state index contributed by atoms with van der Waals surface area (Å²) in [6, 6.07) is 8.52. The van der Waals surface area contributed by atoms with E-state index in [9.17, 15) is 14.4 Å². The number of carboxylic acids is 1. The number of nitrogens with zero attached hydrogens (tertiary/aromatic N) is 2. The number of β-lactam (4-membered cyclic amide) rings is 1. The van der Waals surface area contributed by atoms with E-state index < -0.39 is 23.2 Å². The van der Waals surface area contributed by atoms with Crippen molar-refractivity contribution >= 4 is 57.7 Å². The Hall–Kier alpha value is -2.85. The minimum Gasteiger partial charge on any atom is -0.480 e. The summed E-state index contributed by atoms with van der Waals surface area (Å²) in [5.74, 6) is -1.68. The Morgan fingerprint density at radius 3 is 2.71 bits per heavy atom. The maximum absolute atomic E-state index is 13.0. The molecule has 0 aliphatic carbocycles. The molecule has 10 heteroatoms. The largest absolute Gasteiger partial charge is 0.480 e. The van der Waals surface area contributed by atoms with Crippen molar-refractivity contribution in [1.29, 1.82) is 0 Å². The molecule has 0 bridgehead atoms. The molecule has 8 nitrogen and oxygen atoms in total. The van der Waals surface area contributed by atoms with Crippen molar-refractivity contribution < 1.29 is 19.5 Å². The van der Waals surface area contributed by atoms with Crippen molar-refractivity contribution in [3.63, 3.8) is 0 Å². The molecule has 3 atom stereocenters. The average molecular weight is 416 g/mol. The number of aliphatic carboxylic acids is 1. The normalized spacial score (nSPS) is 23.9. The number of thiazole rings is 1. The number of hydrogen-bond acceptors (Lipinski definition) is 7. The summed E-state index contributed by atoms with van der Waals surface area (Å²) in [5, 5.41) is 12.9. The summed E-state index contributed by atoms with van der Waals surface area (Å²) in [6.07, 6.45) is 1.69. The maximum Gasteiger partial charge on any atom is 0.318 e. The highest BCUT2D eigenvalue weighted by molar-refractivity contribution is 8.01. The Labute approximate surface area is 168 Å². The highest BCUT2D eigenvalue weighted by Crippen LogP contribution is 2.40. The third-order valence-corrected chi connectivity index (χ3v) is 6.68. The Kier molecular flexibility index (Phi) is 4.82. The number of carbonyl (C=O) groups excluding carboxylic acids is 2. The zero-order chi connectivity index (χ0) is 19.8. The van der Waals surface area contributed by atoms with Gasteiger partial charge in [0.1, 0.15) is 16.7 Å². The van der Waals surface area contributed by atoms with Crippen LogP contribution in [0.3, 0.4) is 0 Å². The van der Waals surface area contributed by atoms with Gasteiger partial charge in [0, 0.05) is 11.9 Å². The molecule has 2 fully saturated rings. The number of carboxylic acid groups (broad SMARTS) is 1. The van der Waals surface area contributed by atoms with Crippen molar-refractivity contribution in [2.75, 3.05) is 12.3 Å². The van der Waals surface area contributed by atoms with Gasteiger partial charge in [-0.1, -0.05) is 30.3 Å². The molecule has 0 spiro atoms. The summed E-state index contributed by atoms with van der Waals surface area (Å²) in [4.78, 5) is 42.1. The molecular weight excluding hydrogens is 400 g/mol. The molecule has 2 saturated heterocycles. The molecule has 2 aliphatic rings. The summed E-state index contributed by atoms with van der Waals surface area (Å²) in [6.45, 7) is 0.158. The number of rotatable bonds is 5. The lowest BCUT2D eigenvalue weighted by Crippen LogP contribution is -2.67. The Morgan fingerprint density at radius 1 is 1.32 bits per heavy atom. The van der Waals surface area contributed by atoms with E-state index in [4.69, 9.17) is 10.8 Å². The first-order chi connectivity index (χ1) is 13.4. The molecule has 3 heterocycles. The number of fused-ring (bicyclic) bond motifs is 1. The van der Waals surface area contributed by atoms with Gasteiger partial charge in [-0.2, -0.15) is 0 Å². The first-order valence-corrected chi connectivity index (χ1v) is 10.2. The van der Waals surface area contributed by atoms with E-state index in [0.29, 0.717) is 16.4 Å². The zero-order valence-corrected chi connectivity index (χ0v) is 16.1. The highest BCUT2D eigenvalue weighted by Gasteiger charge is 2.55. The Balaban J connectivity index is 1.56. The number of benzene rings is 1. The van der Waals surface area contributed by atoms with E-state index in [0.717, 1.165) is 5.56 Å². The number of nitrogens with two attached hydrogens (primary N) is 1. The lowest BCUT2D eigenvalue weighted by Gasteiger charge is -2.41. The van der Waals surface area contributed by atoms with Crippen molar-refractivity contribution in [2.45, 2.75) is 16.7 Å². The molecule has 2 aliphatic heterocycles. The van der Waals surface area contributed by atoms with Gasteiger partial charge in [-0.15, -0.1) is 23.1 Å². The van der Waals surface area contributed by atoms with Crippen LogP contribution < -0.4 is 11.1 Å². The van der Waals surface area contributed by atoms with E-state index in [1.807, 2.05) is 30.3 Å². The molecule has 2 amide bonds. The number of anilines is 1. The fourth-order valence-corrected chi connectivity index (χ4v) is 5.07. The fourth-order valence-electron chi connectivity index (χ4n) is 3.13. The highest BCUT2D eigenvalue weighted by atomic mass is 32.2. The first-order valence-electron chi connectivity index (χ1n) is 8.42. The minimum atomic E-state index is -0.958. The van der Waals surface area contributed by atoms with Gasteiger partial charge < -0.3 is 21.1 Å². The number of carbonyl (C=O) groups is 3. The molecule has 28 heavy (non-hydrogen) atoms. The summed E-state index contributed by atoms with van der Waals surface area (Å²) in [7, 11) is 0. The van der Waals surface area contributed by atoms with Gasteiger partial charge in [0.25, 0.3) is 5.91 Å². The van der Waals surface area contributed by atoms with Crippen LogP contribution in [0, 0.1) is 0 Å². The van der Waals surface area contributed by atoms with Gasteiger partial charge in [0.2, 0.25) is 5.91 Å². The molecule has 4 N–H and O–H groups in total. The standard InChI is InChI=1S/C18H16N4O4S2/c19-18-20-11(8-27-18)10(6-9-4-2-1-3-5-9)14(23)21-13-15(24)22-7-12(17(25)26)28-16(13)22/h1-6,8,12-13,16H,7H2,(H2,19,20)(H,21,23)(H,25,26)/b10-6+/t12?,13?,16-/m1/s1. The molecule has 1 aromatic heterocycles. The van der Waals surface area contributed by atoms with Crippen LogP contribution in [0.2, 0.25) is 0 Å². The van der Waals surface area contributed by atoms with Gasteiger partial charge >= 0.3 is 5.97 Å². The Bertz CT molecular complexity index is 975. The van der Waals surface area contributed by atoms with Crippen molar-refractivity contribution in [2.24, 2.45) is 0 Å². The number of nitrogen functional groups attached to an aromatic ring is 1. The molecule has 144 valence electrons. The van der Waals surface area contributed by atoms with Gasteiger partial charge in [-0.05, 0) is 11.6 Å². The van der Waals surface area contributed by atoms with Crippen LogP contribution in [0.1, 0.15) is 11.3 Å². The molecule has 2 aromatic rings. The number of aromatic nitrogens is 1. The SMILES string of the molecule is Nc1nc(/C(=C\c2ccccc2)C(=O)NC2C(=O)N3CC(C(=O)O)S[C@H]23)cs1. The van der Waals surface area contributed by atoms with Crippen LogP contribution in [-0.2, 0) is 14.4 Å². The van der Waals surface area contributed by atoms with Gasteiger partial charge in [0.05, 0.1) is 11.3 Å². The van der Waals surface area contributed by atoms with Crippen molar-refractivity contribution in [3.8, 4) is 0 Å². The molecule has 0 saturated carbocycles. The fraction of sp³-hybridized carbons (Fsp3) is 0.222. The van der Waals surface area contributed by atoms with Gasteiger partial charge in [0.15, 0.2) is 5.13 Å². The topological polar surface area (TPSA) is 126 Å². The molecule has 2 unspecified atom stereocenters. The predicted molar refractivity (Wildman–Crippen MR) is 107 cm³/mol. The van der Waals surface area contributed by atoms with Crippen LogP contribution >= 0.6 is 23.1 Å². The number of amides is 2. The Morgan fingerprint density at radius 2 is 2.07 bits per heavy atom. The molecule has 4 rings (SSSR count). The first kappa shape index (κ1) is 18.5. The summed E-state index contributed by atoms with van der Waals surface area (Å²) < 4.78 is 0. The number of thioether (sulfide) groups is 1. The minimum absolute atomic E-state index is 0.158. The summed E-state index contributed by atoms with van der Waals surface area (Å²) in [5.41, 5.74) is 7.24. The monoisotopic (exact) mass is 416 g/mol. The number of nitrogens with one attached hydrogen (secondary N) is 1. The second-order valence-electron chi connectivity index (χ2n) is 6.33. The second kappa shape index (κ2) is 7.28. The van der Waals surface area contributed by atoms with E-state index in [1.165, 1.54) is 28.0 Å². The summed E-state index contributed by atoms with van der Waals surface area (Å²) >= 11 is 2.40. The maximum atomic E-state index is 13.0. The quantitative estimate of drug-likeness (QED) is 0.492. The van der Waals surface area contributed by atoms with Crippen LogP contribution in [-0.4, -0.2) is 56.0 Å². The van der Waals surface area contributed by atoms with Gasteiger partial charge in [-0.25, -0.2) is 4.98 Å². The third kappa shape index (κ3) is 3.36. The van der Waals surface area contributed by atoms with E-state index >= 15 is 0 Å². The van der Waals surface area contributed by atoms with Gasteiger partial charge in [-0.3, -0.25) is 14.4 Å². The molecule has 1 aromatic carbocycles. The predicted octanol–water partition coefficient (Wildman–Crippen LogP) is 1.12. The number of hydrogen-bond donors (Lipinski definition) is 3. The van der Waals surface area contributed by atoms with Crippen molar-refractivity contribution in [1.82, 2.24) is 15.2 Å². The lowest BCUT2D eigenvalue weighted by atomic mass is 10.0. The van der Waals surface area contributed by atoms with E-state index in [1.54, 1.807) is 11.5 Å². The van der Waals surface area contributed by atoms with Crippen LogP contribution in [0.25, 0.3) is 11.6 Å². The van der Waals surface area contributed by atoms with E-state index in [-0.39, 0.29) is 17.8 Å². The third-order valence-electron chi connectivity index (χ3n) is 4.52. The van der Waals surface area contributed by atoms with Crippen LogP contribution in [0.15, 0.2) is 35.7 Å². The van der Waals surface area contributed by atoms with Crippen LogP contribution in [0.4, 0.5) is 5.13 Å². The lowest BCUT2D eigenvalue weighted by molar-refractivity contribution is -0.147. The molecule has 0 radical (unpaired) electrons. The van der Waals surface area contributed by atoms with Crippen LogP contribution in [0.5, 0.6) is 0 Å². The second-order valence-corrected chi connectivity index (χ2v) is 8.55. The zero-order valence-electron chi connectivity index (χ0n) is 14.4. The smallest absolute Gasteiger partial charge is 0.318 e. The van der Waals surface area contributed by atoms with Crippen molar-refractivity contribution in [3.05, 3.63) is 47.0 Å².